The van der Waals surface area contributed by atoms with E-state index in [1.165, 1.54) is 38.3 Å². The molecule has 2 N–H and O–H groups in total. The molecule has 0 unspecified atom stereocenters. The third-order valence-corrected chi connectivity index (χ3v) is 5.79. The van der Waals surface area contributed by atoms with Gasteiger partial charge < -0.3 is 20.3 Å². The summed E-state index contributed by atoms with van der Waals surface area (Å²) in [5.41, 5.74) is 1.84. The monoisotopic (exact) mass is 420 g/mol. The van der Waals surface area contributed by atoms with Crippen LogP contribution in [0.2, 0.25) is 0 Å². The molecule has 0 radical (unpaired) electrons. The lowest BCUT2D eigenvalue weighted by Gasteiger charge is -2.28. The normalized spacial score (nSPS) is 17.1. The minimum atomic E-state index is -0.0216. The first-order valence-corrected chi connectivity index (χ1v) is 10.9. The maximum atomic E-state index is 13.1. The molecule has 4 rings (SSSR count). The van der Waals surface area contributed by atoms with Crippen molar-refractivity contribution in [1.29, 1.82) is 0 Å². The van der Waals surface area contributed by atoms with Gasteiger partial charge in [-0.3, -0.25) is 4.79 Å². The van der Waals surface area contributed by atoms with Crippen LogP contribution >= 0.6 is 0 Å². The third kappa shape index (κ3) is 5.50. The number of pyridine rings is 1. The molecule has 0 atom stereocenters. The number of aromatic nitrogens is 3. The Bertz CT molecular complexity index is 928. The number of nitrogens with zero attached hydrogens (tertiary/aromatic N) is 4. The molecule has 162 valence electrons. The van der Waals surface area contributed by atoms with Crippen LogP contribution in [0.5, 0.6) is 0 Å². The van der Waals surface area contributed by atoms with E-state index in [9.17, 15) is 4.79 Å². The number of hydrogen-bond acceptors (Lipinski definition) is 7. The van der Waals surface area contributed by atoms with Gasteiger partial charge in [-0.2, -0.15) is 0 Å². The number of rotatable bonds is 6. The van der Waals surface area contributed by atoms with Crippen molar-refractivity contribution in [2.24, 2.45) is 5.92 Å². The molecular formula is C23H28N6O2. The minimum Gasteiger partial charge on any atom is -0.384 e. The fraction of sp³-hybridized carbons (Fsp3) is 0.478. The number of terminal acetylenes is 1. The number of ether oxygens (including phenoxy) is 1. The Labute approximate surface area is 182 Å². The number of carbonyl (C=O) groups is 1. The second-order valence-electron chi connectivity index (χ2n) is 7.96. The molecule has 1 saturated carbocycles. The summed E-state index contributed by atoms with van der Waals surface area (Å²) in [4.78, 5) is 27.8. The molecule has 2 aromatic heterocycles. The molecule has 0 aromatic carbocycles. The summed E-state index contributed by atoms with van der Waals surface area (Å²) in [5, 5.41) is 6.67. The van der Waals surface area contributed by atoms with Gasteiger partial charge in [0.2, 0.25) is 0 Å². The van der Waals surface area contributed by atoms with E-state index in [0.29, 0.717) is 55.1 Å². The van der Waals surface area contributed by atoms with Crippen LogP contribution in [0.1, 0.15) is 48.2 Å². The smallest absolute Gasteiger partial charge is 0.257 e. The molecule has 2 aliphatic rings. The van der Waals surface area contributed by atoms with Crippen LogP contribution in [0.3, 0.4) is 0 Å². The second-order valence-corrected chi connectivity index (χ2v) is 7.96. The van der Waals surface area contributed by atoms with Crippen LogP contribution in [0.25, 0.3) is 0 Å². The van der Waals surface area contributed by atoms with Crippen LogP contribution in [0.15, 0.2) is 24.7 Å². The van der Waals surface area contributed by atoms with Crippen LogP contribution < -0.4 is 10.6 Å². The van der Waals surface area contributed by atoms with Gasteiger partial charge in [-0.05, 0) is 24.7 Å². The molecule has 1 aliphatic carbocycles. The Kier molecular flexibility index (Phi) is 6.95. The van der Waals surface area contributed by atoms with E-state index < -0.39 is 0 Å². The first kappa shape index (κ1) is 21.1. The number of carbonyl (C=O) groups excluding carboxylic acids is 1. The summed E-state index contributed by atoms with van der Waals surface area (Å²) >= 11 is 0. The van der Waals surface area contributed by atoms with Crippen LogP contribution in [-0.2, 0) is 4.74 Å². The lowest BCUT2D eigenvalue weighted by molar-refractivity contribution is 0.0303. The summed E-state index contributed by atoms with van der Waals surface area (Å²) < 4.78 is 5.38. The van der Waals surface area contributed by atoms with Crippen LogP contribution in [0.4, 0.5) is 17.3 Å². The van der Waals surface area contributed by atoms with E-state index in [-0.39, 0.29) is 5.91 Å². The Hall–Kier alpha value is -3.18. The highest BCUT2D eigenvalue weighted by molar-refractivity contribution is 5.99. The molecule has 1 saturated heterocycles. The van der Waals surface area contributed by atoms with Crippen molar-refractivity contribution in [1.82, 2.24) is 19.9 Å². The highest BCUT2D eigenvalue weighted by Gasteiger charge is 2.23. The Balaban J connectivity index is 1.53. The van der Waals surface area contributed by atoms with Gasteiger partial charge in [0.15, 0.2) is 0 Å². The number of nitrogens with one attached hydrogen (secondary N) is 2. The zero-order valence-electron chi connectivity index (χ0n) is 17.6. The number of hydrogen-bond donors (Lipinski definition) is 2. The van der Waals surface area contributed by atoms with Crippen molar-refractivity contribution < 1.29 is 9.53 Å². The molecule has 0 spiro atoms. The third-order valence-electron chi connectivity index (χ3n) is 5.79. The van der Waals surface area contributed by atoms with Gasteiger partial charge in [0.1, 0.15) is 17.3 Å². The number of amides is 1. The molecular weight excluding hydrogens is 392 g/mol. The largest absolute Gasteiger partial charge is 0.384 e. The van der Waals surface area contributed by atoms with E-state index in [1.807, 2.05) is 11.0 Å². The molecule has 1 aliphatic heterocycles. The van der Waals surface area contributed by atoms with E-state index in [1.54, 1.807) is 12.4 Å². The summed E-state index contributed by atoms with van der Waals surface area (Å²) in [6.07, 6.45) is 16.4. The summed E-state index contributed by atoms with van der Waals surface area (Å²) in [6.45, 7) is 3.17. The van der Waals surface area contributed by atoms with E-state index >= 15 is 0 Å². The van der Waals surface area contributed by atoms with Gasteiger partial charge in [-0.25, -0.2) is 15.0 Å². The maximum Gasteiger partial charge on any atom is 0.257 e. The topological polar surface area (TPSA) is 92.3 Å². The zero-order chi connectivity index (χ0) is 21.5. The molecule has 3 heterocycles. The number of morpholine rings is 1. The molecule has 8 nitrogen and oxygen atoms in total. The molecule has 2 aromatic rings. The van der Waals surface area contributed by atoms with E-state index in [0.717, 1.165) is 12.2 Å². The van der Waals surface area contributed by atoms with Crippen LogP contribution in [0, 0.1) is 18.3 Å². The average Bonchev–Trinajstić information content (AvgIpc) is 2.84. The van der Waals surface area contributed by atoms with Gasteiger partial charge in [0, 0.05) is 31.9 Å². The van der Waals surface area contributed by atoms with Gasteiger partial charge in [-0.1, -0.05) is 19.3 Å². The molecule has 31 heavy (non-hydrogen) atoms. The Morgan fingerprint density at radius 1 is 1.10 bits per heavy atom. The quantitative estimate of drug-likeness (QED) is 0.694. The minimum absolute atomic E-state index is 0.0216. The highest BCUT2D eigenvalue weighted by Crippen LogP contribution is 2.27. The molecule has 2 fully saturated rings. The number of anilines is 3. The molecule has 8 heteroatoms. The first-order valence-electron chi connectivity index (χ1n) is 10.9. The summed E-state index contributed by atoms with van der Waals surface area (Å²) in [5.74, 6) is 4.19. The van der Waals surface area contributed by atoms with E-state index in [4.69, 9.17) is 11.2 Å². The molecule has 0 bridgehead atoms. The average molecular weight is 421 g/mol. The van der Waals surface area contributed by atoms with Crippen molar-refractivity contribution in [2.75, 3.05) is 43.5 Å². The van der Waals surface area contributed by atoms with Crippen molar-refractivity contribution >= 4 is 23.2 Å². The Morgan fingerprint density at radius 2 is 1.87 bits per heavy atom. The van der Waals surface area contributed by atoms with Gasteiger partial charge >= 0.3 is 0 Å². The van der Waals surface area contributed by atoms with E-state index in [2.05, 4.69) is 31.5 Å². The maximum absolute atomic E-state index is 13.1. The van der Waals surface area contributed by atoms with Crippen molar-refractivity contribution in [2.45, 2.75) is 32.1 Å². The van der Waals surface area contributed by atoms with Crippen molar-refractivity contribution in [3.8, 4) is 12.3 Å². The molecule has 1 amide bonds. The fourth-order valence-corrected chi connectivity index (χ4v) is 4.02. The van der Waals surface area contributed by atoms with Gasteiger partial charge in [-0.15, -0.1) is 6.42 Å². The summed E-state index contributed by atoms with van der Waals surface area (Å²) in [6, 6.07) is 1.87. The van der Waals surface area contributed by atoms with Crippen molar-refractivity contribution in [3.63, 3.8) is 0 Å². The second kappa shape index (κ2) is 10.2. The SMILES string of the molecule is C#Cc1cnc(Nc2cc(NCC3CCCCC3)c(C(=O)N3CCOCC3)cn2)cn1. The van der Waals surface area contributed by atoms with Crippen molar-refractivity contribution in [3.05, 3.63) is 35.9 Å². The Morgan fingerprint density at radius 3 is 2.58 bits per heavy atom. The fourth-order valence-electron chi connectivity index (χ4n) is 4.02. The predicted octanol–water partition coefficient (Wildman–Crippen LogP) is 3.06. The lowest BCUT2D eigenvalue weighted by atomic mass is 9.89. The zero-order valence-corrected chi connectivity index (χ0v) is 17.6. The first-order chi connectivity index (χ1) is 15.2. The predicted molar refractivity (Wildman–Crippen MR) is 119 cm³/mol. The lowest BCUT2D eigenvalue weighted by Crippen LogP contribution is -2.41. The standard InChI is InChI=1S/C23H28N6O2/c1-2-18-14-26-22(16-24-18)28-21-12-20(25-13-17-6-4-3-5-7-17)19(15-27-21)23(30)29-8-10-31-11-9-29/h1,12,14-17H,3-11,13H2,(H2,25,26,27,28). The van der Waals surface area contributed by atoms with Gasteiger partial charge in [0.25, 0.3) is 5.91 Å². The van der Waals surface area contributed by atoms with Gasteiger partial charge in [0.05, 0.1) is 36.9 Å². The highest BCUT2D eigenvalue weighted by atomic mass is 16.5. The summed E-state index contributed by atoms with van der Waals surface area (Å²) in [7, 11) is 0. The van der Waals surface area contributed by atoms with Crippen LogP contribution in [-0.4, -0.2) is 58.6 Å².